The highest BCUT2D eigenvalue weighted by atomic mass is 19.4. The van der Waals surface area contributed by atoms with Crippen molar-refractivity contribution in [3.63, 3.8) is 0 Å². The minimum Gasteiger partial charge on any atom is -0.351 e. The maximum absolute atomic E-state index is 12.6. The van der Waals surface area contributed by atoms with Crippen molar-refractivity contribution in [1.29, 1.82) is 0 Å². The van der Waals surface area contributed by atoms with Crippen LogP contribution in [-0.2, 0) is 6.18 Å². The number of H-pyrrole nitrogens is 1. The highest BCUT2D eigenvalue weighted by molar-refractivity contribution is 5.81. The van der Waals surface area contributed by atoms with Gasteiger partial charge in [-0.05, 0) is 55.6 Å². The minimum absolute atomic E-state index is 0.454. The molecule has 5 heteroatoms. The fourth-order valence-electron chi connectivity index (χ4n) is 2.71. The Kier molecular flexibility index (Phi) is 3.01. The molecule has 1 aromatic heterocycles. The molecule has 1 saturated heterocycles. The Morgan fingerprint density at radius 2 is 1.79 bits per heavy atom. The van der Waals surface area contributed by atoms with E-state index in [9.17, 15) is 13.2 Å². The molecule has 1 aromatic carbocycles. The van der Waals surface area contributed by atoms with Crippen LogP contribution in [0.2, 0.25) is 0 Å². The number of halogens is 3. The van der Waals surface area contributed by atoms with Crippen molar-refractivity contribution >= 4 is 10.9 Å². The Hall–Kier alpha value is -1.49. The Morgan fingerprint density at radius 1 is 1.05 bits per heavy atom. The second-order valence-corrected chi connectivity index (χ2v) is 5.05. The molecule has 2 nitrogen and oxygen atoms in total. The van der Waals surface area contributed by atoms with Gasteiger partial charge in [-0.15, -0.1) is 0 Å². The maximum atomic E-state index is 12.6. The van der Waals surface area contributed by atoms with Crippen molar-refractivity contribution in [2.45, 2.75) is 24.9 Å². The van der Waals surface area contributed by atoms with Crippen molar-refractivity contribution in [3.05, 3.63) is 35.5 Å². The zero-order valence-corrected chi connectivity index (χ0v) is 10.3. The highest BCUT2D eigenvalue weighted by Gasteiger charge is 2.32. The van der Waals surface area contributed by atoms with Gasteiger partial charge >= 0.3 is 6.18 Å². The third-order valence-corrected chi connectivity index (χ3v) is 3.76. The van der Waals surface area contributed by atoms with Crippen molar-refractivity contribution in [2.75, 3.05) is 13.1 Å². The number of hydrogen-bond acceptors (Lipinski definition) is 1. The molecule has 0 atom stereocenters. The van der Waals surface area contributed by atoms with E-state index in [0.29, 0.717) is 16.8 Å². The number of hydrogen-bond donors (Lipinski definition) is 2. The lowest BCUT2D eigenvalue weighted by Gasteiger charge is -2.22. The van der Waals surface area contributed by atoms with E-state index in [1.165, 1.54) is 6.07 Å². The summed E-state index contributed by atoms with van der Waals surface area (Å²) in [6.07, 6.45) is -2.22. The average molecular weight is 268 g/mol. The van der Waals surface area contributed by atoms with Crippen LogP contribution in [0.15, 0.2) is 24.3 Å². The van der Waals surface area contributed by atoms with Gasteiger partial charge in [0.1, 0.15) is 5.69 Å². The normalized spacial score (nSPS) is 18.1. The van der Waals surface area contributed by atoms with Gasteiger partial charge in [0.2, 0.25) is 0 Å². The molecule has 0 amide bonds. The van der Waals surface area contributed by atoms with E-state index < -0.39 is 11.9 Å². The van der Waals surface area contributed by atoms with Gasteiger partial charge < -0.3 is 10.3 Å². The molecule has 19 heavy (non-hydrogen) atoms. The van der Waals surface area contributed by atoms with Crippen LogP contribution < -0.4 is 5.32 Å². The molecule has 0 unspecified atom stereocenters. The standard InChI is InChI=1S/C14H15F3N2/c15-14(16,17)13-8-11-7-10(1-2-12(11)19-13)9-3-5-18-6-4-9/h1-2,7-9,18-19H,3-6H2. The number of piperidine rings is 1. The van der Waals surface area contributed by atoms with Gasteiger partial charge in [0.25, 0.3) is 0 Å². The number of rotatable bonds is 1. The number of nitrogens with one attached hydrogen (secondary N) is 2. The molecule has 1 aliphatic heterocycles. The molecule has 0 saturated carbocycles. The van der Waals surface area contributed by atoms with Crippen LogP contribution in [0.1, 0.15) is 30.0 Å². The van der Waals surface area contributed by atoms with Crippen molar-refractivity contribution < 1.29 is 13.2 Å². The van der Waals surface area contributed by atoms with Crippen LogP contribution in [0.4, 0.5) is 13.2 Å². The zero-order valence-electron chi connectivity index (χ0n) is 10.3. The van der Waals surface area contributed by atoms with Crippen molar-refractivity contribution in [3.8, 4) is 0 Å². The second kappa shape index (κ2) is 4.56. The summed E-state index contributed by atoms with van der Waals surface area (Å²) in [7, 11) is 0. The molecule has 1 aliphatic rings. The molecular formula is C14H15F3N2. The molecule has 1 fully saturated rings. The molecule has 102 valence electrons. The summed E-state index contributed by atoms with van der Waals surface area (Å²) in [5.41, 5.74) is 1.01. The summed E-state index contributed by atoms with van der Waals surface area (Å²) in [6.45, 7) is 1.95. The Balaban J connectivity index is 1.96. The molecule has 0 aliphatic carbocycles. The van der Waals surface area contributed by atoms with Crippen molar-refractivity contribution in [2.24, 2.45) is 0 Å². The van der Waals surface area contributed by atoms with Gasteiger partial charge in [0.05, 0.1) is 0 Å². The Bertz CT molecular complexity index is 580. The molecule has 3 rings (SSSR count). The molecule has 0 radical (unpaired) electrons. The van der Waals surface area contributed by atoms with Gasteiger partial charge in [-0.25, -0.2) is 0 Å². The van der Waals surface area contributed by atoms with E-state index in [1.807, 2.05) is 12.1 Å². The van der Waals surface area contributed by atoms with E-state index in [1.54, 1.807) is 6.07 Å². The van der Waals surface area contributed by atoms with Crippen molar-refractivity contribution in [1.82, 2.24) is 10.3 Å². The zero-order chi connectivity index (χ0) is 13.5. The smallest absolute Gasteiger partial charge is 0.351 e. The monoisotopic (exact) mass is 268 g/mol. The third kappa shape index (κ3) is 2.47. The van der Waals surface area contributed by atoms with Gasteiger partial charge in [0, 0.05) is 10.9 Å². The minimum atomic E-state index is -4.31. The number of alkyl halides is 3. The van der Waals surface area contributed by atoms with Crippen LogP contribution in [0, 0.1) is 0 Å². The lowest BCUT2D eigenvalue weighted by Crippen LogP contribution is -2.26. The van der Waals surface area contributed by atoms with E-state index in [4.69, 9.17) is 0 Å². The first-order valence-corrected chi connectivity index (χ1v) is 6.44. The summed E-state index contributed by atoms with van der Waals surface area (Å²) in [4.78, 5) is 2.43. The maximum Gasteiger partial charge on any atom is 0.431 e. The van der Waals surface area contributed by atoms with E-state index in [2.05, 4.69) is 10.3 Å². The SMILES string of the molecule is FC(F)(F)c1cc2cc(C3CCNCC3)ccc2[nH]1. The first kappa shape index (κ1) is 12.5. The predicted molar refractivity (Wildman–Crippen MR) is 68.1 cm³/mol. The first-order valence-electron chi connectivity index (χ1n) is 6.44. The van der Waals surface area contributed by atoms with Crippen LogP contribution in [0.25, 0.3) is 10.9 Å². The number of aromatic nitrogens is 1. The van der Waals surface area contributed by atoms with Gasteiger partial charge in [-0.1, -0.05) is 6.07 Å². The van der Waals surface area contributed by atoms with Crippen LogP contribution in [-0.4, -0.2) is 18.1 Å². The molecule has 0 spiro atoms. The lowest BCUT2D eigenvalue weighted by molar-refractivity contribution is -0.140. The quantitative estimate of drug-likeness (QED) is 0.811. The van der Waals surface area contributed by atoms with Crippen LogP contribution in [0.5, 0.6) is 0 Å². The van der Waals surface area contributed by atoms with Crippen LogP contribution >= 0.6 is 0 Å². The summed E-state index contributed by atoms with van der Waals surface area (Å²) < 4.78 is 37.9. The largest absolute Gasteiger partial charge is 0.431 e. The Labute approximate surface area is 109 Å². The van der Waals surface area contributed by atoms with Gasteiger partial charge in [-0.3, -0.25) is 0 Å². The van der Waals surface area contributed by atoms with E-state index in [0.717, 1.165) is 31.5 Å². The van der Waals surface area contributed by atoms with Gasteiger partial charge in [0.15, 0.2) is 0 Å². The summed E-state index contributed by atoms with van der Waals surface area (Å²) in [5.74, 6) is 0.454. The molecule has 2 N–H and O–H groups in total. The second-order valence-electron chi connectivity index (χ2n) is 5.05. The molecule has 0 bridgehead atoms. The number of aromatic amines is 1. The fraction of sp³-hybridized carbons (Fsp3) is 0.429. The predicted octanol–water partition coefficient (Wildman–Crippen LogP) is 3.65. The number of fused-ring (bicyclic) bond motifs is 1. The lowest BCUT2D eigenvalue weighted by atomic mass is 9.90. The highest BCUT2D eigenvalue weighted by Crippen LogP contribution is 2.33. The Morgan fingerprint density at radius 3 is 2.47 bits per heavy atom. The number of benzene rings is 1. The summed E-state index contributed by atoms with van der Waals surface area (Å²) in [6, 6.07) is 6.77. The van der Waals surface area contributed by atoms with Crippen LogP contribution in [0.3, 0.4) is 0 Å². The average Bonchev–Trinajstić information content (AvgIpc) is 2.82. The molecular weight excluding hydrogens is 253 g/mol. The summed E-state index contributed by atoms with van der Waals surface area (Å²) >= 11 is 0. The first-order chi connectivity index (χ1) is 9.04. The molecule has 2 aromatic rings. The topological polar surface area (TPSA) is 27.8 Å². The third-order valence-electron chi connectivity index (χ3n) is 3.76. The summed E-state index contributed by atoms with van der Waals surface area (Å²) in [5, 5.41) is 3.93. The fourth-order valence-corrected chi connectivity index (χ4v) is 2.71. The van der Waals surface area contributed by atoms with Gasteiger partial charge in [-0.2, -0.15) is 13.2 Å². The molecule has 2 heterocycles. The van der Waals surface area contributed by atoms with E-state index >= 15 is 0 Å². The van der Waals surface area contributed by atoms with E-state index in [-0.39, 0.29) is 0 Å².